The quantitative estimate of drug-likeness (QED) is 0.763. The first-order valence-corrected chi connectivity index (χ1v) is 5.46. The second-order valence-corrected chi connectivity index (χ2v) is 4.28. The van der Waals surface area contributed by atoms with Gasteiger partial charge in [0.2, 0.25) is 5.91 Å². The Labute approximate surface area is 92.8 Å². The minimum absolute atomic E-state index is 0.00000785. The fourth-order valence-electron chi connectivity index (χ4n) is 1.82. The smallest absolute Gasteiger partial charge is 0.354 e. The van der Waals surface area contributed by atoms with Crippen LogP contribution in [0.4, 0.5) is 13.2 Å². The Morgan fingerprint density at radius 2 is 2.25 bits per heavy atom. The lowest BCUT2D eigenvalue weighted by molar-refractivity contribution is -0.135. The van der Waals surface area contributed by atoms with Crippen molar-refractivity contribution in [3.05, 3.63) is 0 Å². The summed E-state index contributed by atoms with van der Waals surface area (Å²) in [7, 11) is 0. The van der Waals surface area contributed by atoms with Gasteiger partial charge in [0.05, 0.1) is 0 Å². The molecule has 1 fully saturated rings. The van der Waals surface area contributed by atoms with Crippen LogP contribution in [-0.2, 0) is 4.79 Å². The maximum atomic E-state index is 11.9. The van der Waals surface area contributed by atoms with E-state index in [1.807, 2.05) is 6.92 Å². The zero-order valence-corrected chi connectivity index (χ0v) is 9.23. The summed E-state index contributed by atoms with van der Waals surface area (Å²) in [6.07, 6.45) is -3.77. The summed E-state index contributed by atoms with van der Waals surface area (Å²) in [5.41, 5.74) is 0. The lowest BCUT2D eigenvalue weighted by Gasteiger charge is -2.18. The van der Waals surface area contributed by atoms with Crippen LogP contribution in [0, 0.1) is 0 Å². The normalized spacial score (nSPS) is 23.2. The number of alkyl halides is 3. The van der Waals surface area contributed by atoms with Crippen molar-refractivity contribution in [2.75, 3.05) is 6.54 Å². The van der Waals surface area contributed by atoms with Crippen LogP contribution in [0.15, 0.2) is 0 Å². The highest BCUT2D eigenvalue weighted by Crippen LogP contribution is 2.22. The van der Waals surface area contributed by atoms with Crippen molar-refractivity contribution in [2.24, 2.45) is 0 Å². The number of hydrogen-bond acceptors (Lipinski definition) is 2. The predicted octanol–water partition coefficient (Wildman–Crippen LogP) is 1.59. The average Bonchev–Trinajstić information content (AvgIpc) is 2.48. The third-order valence-corrected chi connectivity index (χ3v) is 2.60. The van der Waals surface area contributed by atoms with E-state index in [1.165, 1.54) is 0 Å². The molecule has 0 aromatic heterocycles. The highest BCUT2D eigenvalue weighted by atomic mass is 19.4. The Balaban J connectivity index is 2.11. The Bertz CT molecular complexity index is 243. The molecular formula is C10H17F3N2O. The first kappa shape index (κ1) is 13.3. The van der Waals surface area contributed by atoms with Crippen LogP contribution in [0.5, 0.6) is 0 Å². The third kappa shape index (κ3) is 5.34. The van der Waals surface area contributed by atoms with E-state index in [0.717, 1.165) is 0 Å². The number of amides is 1. The zero-order chi connectivity index (χ0) is 12.2. The number of carbonyl (C=O) groups excluding carboxylic acids is 1. The van der Waals surface area contributed by atoms with Crippen molar-refractivity contribution < 1.29 is 18.0 Å². The van der Waals surface area contributed by atoms with Gasteiger partial charge in [-0.3, -0.25) is 4.79 Å². The van der Waals surface area contributed by atoms with Crippen molar-refractivity contribution >= 4 is 5.91 Å². The predicted molar refractivity (Wildman–Crippen MR) is 53.9 cm³/mol. The number of halogens is 3. The summed E-state index contributed by atoms with van der Waals surface area (Å²) in [6, 6.07) is 0.0773. The van der Waals surface area contributed by atoms with Gasteiger partial charge in [0.1, 0.15) is 0 Å². The molecule has 3 nitrogen and oxygen atoms in total. The number of hydrogen-bond donors (Lipinski definition) is 2. The molecule has 1 heterocycles. The van der Waals surface area contributed by atoms with Gasteiger partial charge in [0.25, 0.3) is 0 Å². The summed E-state index contributed by atoms with van der Waals surface area (Å²) >= 11 is 0. The van der Waals surface area contributed by atoms with Crippen molar-refractivity contribution in [3.8, 4) is 0 Å². The fraction of sp³-hybridized carbons (Fsp3) is 0.900. The number of carbonyl (C=O) groups is 1. The summed E-state index contributed by atoms with van der Waals surface area (Å²) < 4.78 is 35.7. The van der Waals surface area contributed by atoms with E-state index in [1.54, 1.807) is 0 Å². The number of nitrogens with one attached hydrogen (secondary N) is 2. The van der Waals surface area contributed by atoms with E-state index >= 15 is 0 Å². The van der Waals surface area contributed by atoms with E-state index in [4.69, 9.17) is 0 Å². The molecule has 0 radical (unpaired) electrons. The molecule has 94 valence electrons. The van der Waals surface area contributed by atoms with Gasteiger partial charge in [-0.15, -0.1) is 0 Å². The lowest BCUT2D eigenvalue weighted by atomic mass is 10.1. The monoisotopic (exact) mass is 238 g/mol. The van der Waals surface area contributed by atoms with E-state index in [0.29, 0.717) is 19.4 Å². The van der Waals surface area contributed by atoms with Gasteiger partial charge in [0, 0.05) is 31.5 Å². The van der Waals surface area contributed by atoms with Gasteiger partial charge in [0.15, 0.2) is 0 Å². The average molecular weight is 238 g/mol. The van der Waals surface area contributed by atoms with Crippen LogP contribution < -0.4 is 10.6 Å². The fourth-order valence-corrected chi connectivity index (χ4v) is 1.82. The molecule has 1 aliphatic rings. The highest BCUT2D eigenvalue weighted by Gasteiger charge is 2.27. The van der Waals surface area contributed by atoms with Crippen molar-refractivity contribution in [2.45, 2.75) is 50.9 Å². The van der Waals surface area contributed by atoms with Crippen LogP contribution in [0.3, 0.4) is 0 Å². The molecule has 0 saturated carbocycles. The molecule has 0 aromatic carbocycles. The molecule has 6 heteroatoms. The van der Waals surface area contributed by atoms with Gasteiger partial charge >= 0.3 is 6.18 Å². The second kappa shape index (κ2) is 5.52. The summed E-state index contributed by atoms with van der Waals surface area (Å²) in [4.78, 5) is 10.9. The topological polar surface area (TPSA) is 41.1 Å². The summed E-state index contributed by atoms with van der Waals surface area (Å²) in [6.45, 7) is 2.42. The molecule has 2 N–H and O–H groups in total. The van der Waals surface area contributed by atoms with Crippen molar-refractivity contribution in [1.29, 1.82) is 0 Å². The molecule has 0 aromatic rings. The van der Waals surface area contributed by atoms with Crippen molar-refractivity contribution in [3.63, 3.8) is 0 Å². The molecule has 0 spiro atoms. The highest BCUT2D eigenvalue weighted by molar-refractivity contribution is 5.78. The molecule has 1 saturated heterocycles. The van der Waals surface area contributed by atoms with Gasteiger partial charge in [-0.2, -0.15) is 13.2 Å². The van der Waals surface area contributed by atoms with Crippen LogP contribution in [0.25, 0.3) is 0 Å². The first-order chi connectivity index (χ1) is 7.37. The molecule has 1 aliphatic heterocycles. The SMILES string of the molecule is CC(CCCC(F)(F)F)NC1CNC(=O)C1. The van der Waals surface area contributed by atoms with Gasteiger partial charge in [-0.25, -0.2) is 0 Å². The summed E-state index contributed by atoms with van der Waals surface area (Å²) in [5, 5.41) is 5.82. The molecular weight excluding hydrogens is 221 g/mol. The Morgan fingerprint density at radius 1 is 1.56 bits per heavy atom. The Morgan fingerprint density at radius 3 is 2.75 bits per heavy atom. The van der Waals surface area contributed by atoms with Gasteiger partial charge in [-0.1, -0.05) is 0 Å². The molecule has 1 rings (SSSR count). The molecule has 2 atom stereocenters. The van der Waals surface area contributed by atoms with Crippen LogP contribution in [0.1, 0.15) is 32.6 Å². The maximum Gasteiger partial charge on any atom is 0.389 e. The van der Waals surface area contributed by atoms with Gasteiger partial charge in [-0.05, 0) is 19.8 Å². The zero-order valence-electron chi connectivity index (χ0n) is 9.23. The van der Waals surface area contributed by atoms with Crippen LogP contribution in [-0.4, -0.2) is 30.7 Å². The largest absolute Gasteiger partial charge is 0.389 e. The standard InChI is InChI=1S/C10H17F3N2O/c1-7(3-2-4-10(11,12)13)15-8-5-9(16)14-6-8/h7-8,15H,2-6H2,1H3,(H,14,16). The van der Waals surface area contributed by atoms with Crippen LogP contribution in [0.2, 0.25) is 0 Å². The molecule has 16 heavy (non-hydrogen) atoms. The molecule has 2 unspecified atom stereocenters. The maximum absolute atomic E-state index is 11.9. The second-order valence-electron chi connectivity index (χ2n) is 4.28. The molecule has 0 bridgehead atoms. The van der Waals surface area contributed by atoms with Crippen molar-refractivity contribution in [1.82, 2.24) is 10.6 Å². The molecule has 1 amide bonds. The van der Waals surface area contributed by atoms with E-state index in [-0.39, 0.29) is 24.4 Å². The third-order valence-electron chi connectivity index (χ3n) is 2.60. The Hall–Kier alpha value is -0.780. The Kier molecular flexibility index (Phi) is 4.58. The molecule has 0 aliphatic carbocycles. The van der Waals surface area contributed by atoms with E-state index in [9.17, 15) is 18.0 Å². The number of rotatable bonds is 5. The van der Waals surface area contributed by atoms with E-state index < -0.39 is 12.6 Å². The minimum Gasteiger partial charge on any atom is -0.354 e. The minimum atomic E-state index is -4.06. The van der Waals surface area contributed by atoms with E-state index in [2.05, 4.69) is 10.6 Å². The summed E-state index contributed by atoms with van der Waals surface area (Å²) in [5.74, 6) is -0.00000785. The lowest BCUT2D eigenvalue weighted by Crippen LogP contribution is -2.37. The van der Waals surface area contributed by atoms with Gasteiger partial charge < -0.3 is 10.6 Å². The van der Waals surface area contributed by atoms with Crippen LogP contribution >= 0.6 is 0 Å². The first-order valence-electron chi connectivity index (χ1n) is 5.46.